The van der Waals surface area contributed by atoms with Crippen LogP contribution in [0.25, 0.3) is 11.5 Å². The summed E-state index contributed by atoms with van der Waals surface area (Å²) in [6.07, 6.45) is 5.95. The van der Waals surface area contributed by atoms with Crippen LogP contribution in [-0.4, -0.2) is 25.6 Å². The lowest BCUT2D eigenvalue weighted by Crippen LogP contribution is -2.05. The van der Waals surface area contributed by atoms with Crippen molar-refractivity contribution in [1.29, 1.82) is 0 Å². The minimum Gasteiger partial charge on any atom is -0.298 e. The van der Waals surface area contributed by atoms with Crippen molar-refractivity contribution in [3.05, 3.63) is 60.3 Å². The average molecular weight is 252 g/mol. The van der Waals surface area contributed by atoms with Crippen LogP contribution in [0.15, 0.2) is 49.1 Å². The maximum atomic E-state index is 11.3. The number of rotatable bonds is 3. The number of nitrogens with zero attached hydrogens (tertiary/aromatic N) is 4. The highest BCUT2D eigenvalue weighted by atomic mass is 16.1. The maximum Gasteiger partial charge on any atom is 0.155 e. The molecule has 0 aliphatic carbocycles. The molecule has 2 aromatic heterocycles. The van der Waals surface area contributed by atoms with Crippen LogP contribution in [0.4, 0.5) is 0 Å². The fourth-order valence-corrected chi connectivity index (χ4v) is 2.05. The summed E-state index contributed by atoms with van der Waals surface area (Å²) >= 11 is 0. The van der Waals surface area contributed by atoms with Gasteiger partial charge in [0.05, 0.1) is 16.9 Å². The minimum atomic E-state index is 0.571. The van der Waals surface area contributed by atoms with Crippen molar-refractivity contribution in [2.75, 3.05) is 0 Å². The Hall–Kier alpha value is -2.69. The van der Waals surface area contributed by atoms with Gasteiger partial charge in [-0.05, 0) is 19.1 Å². The molecule has 0 spiro atoms. The first-order valence-electron chi connectivity index (χ1n) is 5.90. The predicted octanol–water partition coefficient (Wildman–Crippen LogP) is 2.18. The highest BCUT2D eigenvalue weighted by Gasteiger charge is 2.17. The first kappa shape index (κ1) is 11.4. The SMILES string of the molecule is Cc1nn(-c2ccccc2)c(-n2ccnc2)c1C=O. The van der Waals surface area contributed by atoms with E-state index in [0.717, 1.165) is 12.0 Å². The van der Waals surface area contributed by atoms with E-state index < -0.39 is 0 Å². The van der Waals surface area contributed by atoms with E-state index >= 15 is 0 Å². The molecule has 19 heavy (non-hydrogen) atoms. The monoisotopic (exact) mass is 252 g/mol. The molecule has 3 rings (SSSR count). The van der Waals surface area contributed by atoms with Gasteiger partial charge in [0.2, 0.25) is 0 Å². The lowest BCUT2D eigenvalue weighted by molar-refractivity contribution is 0.112. The first-order valence-corrected chi connectivity index (χ1v) is 5.90. The number of imidazole rings is 1. The molecule has 0 fully saturated rings. The largest absolute Gasteiger partial charge is 0.298 e. The Bertz CT molecular complexity index is 699. The van der Waals surface area contributed by atoms with Gasteiger partial charge >= 0.3 is 0 Å². The van der Waals surface area contributed by atoms with Crippen molar-refractivity contribution >= 4 is 6.29 Å². The second-order valence-corrected chi connectivity index (χ2v) is 4.16. The van der Waals surface area contributed by atoms with Gasteiger partial charge in [0.15, 0.2) is 12.1 Å². The second-order valence-electron chi connectivity index (χ2n) is 4.16. The van der Waals surface area contributed by atoms with E-state index in [1.807, 2.05) is 37.3 Å². The molecule has 5 heteroatoms. The van der Waals surface area contributed by atoms with Gasteiger partial charge in [-0.15, -0.1) is 0 Å². The van der Waals surface area contributed by atoms with Crippen LogP contribution in [0.5, 0.6) is 0 Å². The summed E-state index contributed by atoms with van der Waals surface area (Å²) in [6, 6.07) is 9.70. The van der Waals surface area contributed by atoms with Gasteiger partial charge in [0.25, 0.3) is 0 Å². The quantitative estimate of drug-likeness (QED) is 0.671. The second kappa shape index (κ2) is 4.53. The standard InChI is InChI=1S/C14H12N4O/c1-11-13(9-19)14(17-8-7-15-10-17)18(16-11)12-5-3-2-4-6-12/h2-10H,1H3. The lowest BCUT2D eigenvalue weighted by atomic mass is 10.2. The Morgan fingerprint density at radius 2 is 2.00 bits per heavy atom. The summed E-state index contributed by atoms with van der Waals surface area (Å²) in [6.45, 7) is 1.82. The molecule has 0 aliphatic rings. The molecule has 5 nitrogen and oxygen atoms in total. The molecular formula is C14H12N4O. The summed E-state index contributed by atoms with van der Waals surface area (Å²) in [5, 5.41) is 4.44. The number of hydrogen-bond acceptors (Lipinski definition) is 3. The van der Waals surface area contributed by atoms with E-state index in [1.165, 1.54) is 0 Å². The van der Waals surface area contributed by atoms with Crippen LogP contribution >= 0.6 is 0 Å². The molecule has 0 saturated carbocycles. The van der Waals surface area contributed by atoms with Crippen LogP contribution in [0.1, 0.15) is 16.1 Å². The predicted molar refractivity (Wildman–Crippen MR) is 70.8 cm³/mol. The van der Waals surface area contributed by atoms with Crippen LogP contribution in [0.2, 0.25) is 0 Å². The van der Waals surface area contributed by atoms with Crippen LogP contribution in [-0.2, 0) is 0 Å². The third-order valence-corrected chi connectivity index (χ3v) is 2.95. The lowest BCUT2D eigenvalue weighted by Gasteiger charge is -2.08. The minimum absolute atomic E-state index is 0.571. The highest BCUT2D eigenvalue weighted by Crippen LogP contribution is 2.20. The Morgan fingerprint density at radius 3 is 2.63 bits per heavy atom. The van der Waals surface area contributed by atoms with Crippen molar-refractivity contribution in [1.82, 2.24) is 19.3 Å². The first-order chi connectivity index (χ1) is 9.31. The van der Waals surface area contributed by atoms with Crippen molar-refractivity contribution in [3.8, 4) is 11.5 Å². The Labute approximate surface area is 110 Å². The molecule has 0 unspecified atom stereocenters. The van der Waals surface area contributed by atoms with Gasteiger partial charge < -0.3 is 0 Å². The molecule has 0 N–H and O–H groups in total. The topological polar surface area (TPSA) is 52.7 Å². The molecule has 0 bridgehead atoms. The zero-order chi connectivity index (χ0) is 13.2. The van der Waals surface area contributed by atoms with E-state index in [2.05, 4.69) is 10.1 Å². The number of para-hydroxylation sites is 1. The van der Waals surface area contributed by atoms with E-state index in [0.29, 0.717) is 17.1 Å². The number of benzene rings is 1. The number of carbonyl (C=O) groups excluding carboxylic acids is 1. The fourth-order valence-electron chi connectivity index (χ4n) is 2.05. The summed E-state index contributed by atoms with van der Waals surface area (Å²) in [7, 11) is 0. The third-order valence-electron chi connectivity index (χ3n) is 2.95. The summed E-state index contributed by atoms with van der Waals surface area (Å²) < 4.78 is 3.54. The number of aromatic nitrogens is 4. The molecular weight excluding hydrogens is 240 g/mol. The summed E-state index contributed by atoms with van der Waals surface area (Å²) in [5.74, 6) is 0.705. The number of carbonyl (C=O) groups is 1. The zero-order valence-corrected chi connectivity index (χ0v) is 10.4. The molecule has 94 valence electrons. The maximum absolute atomic E-state index is 11.3. The summed E-state index contributed by atoms with van der Waals surface area (Å²) in [5.41, 5.74) is 2.17. The Balaban J connectivity index is 2.29. The van der Waals surface area contributed by atoms with Gasteiger partial charge in [0.1, 0.15) is 6.33 Å². The van der Waals surface area contributed by atoms with E-state index in [4.69, 9.17) is 0 Å². The molecule has 0 amide bonds. The smallest absolute Gasteiger partial charge is 0.155 e. The van der Waals surface area contributed by atoms with Crippen molar-refractivity contribution < 1.29 is 4.79 Å². The van der Waals surface area contributed by atoms with Crippen LogP contribution < -0.4 is 0 Å². The van der Waals surface area contributed by atoms with Crippen molar-refractivity contribution in [3.63, 3.8) is 0 Å². The molecule has 1 aromatic carbocycles. The number of aryl methyl sites for hydroxylation is 1. The Kier molecular flexibility index (Phi) is 2.72. The molecule has 0 saturated heterocycles. The number of aldehydes is 1. The van der Waals surface area contributed by atoms with Crippen molar-refractivity contribution in [2.24, 2.45) is 0 Å². The fraction of sp³-hybridized carbons (Fsp3) is 0.0714. The molecule has 3 aromatic rings. The molecule has 0 atom stereocenters. The van der Waals surface area contributed by atoms with E-state index in [-0.39, 0.29) is 0 Å². The van der Waals surface area contributed by atoms with Gasteiger partial charge in [-0.3, -0.25) is 9.36 Å². The van der Waals surface area contributed by atoms with Gasteiger partial charge in [0, 0.05) is 12.4 Å². The normalized spacial score (nSPS) is 10.6. The van der Waals surface area contributed by atoms with Crippen molar-refractivity contribution in [2.45, 2.75) is 6.92 Å². The van der Waals surface area contributed by atoms with Crippen LogP contribution in [0, 0.1) is 6.92 Å². The van der Waals surface area contributed by atoms with E-state index in [1.54, 1.807) is 28.0 Å². The van der Waals surface area contributed by atoms with Gasteiger partial charge in [-0.1, -0.05) is 18.2 Å². The summed E-state index contributed by atoms with van der Waals surface area (Å²) in [4.78, 5) is 15.3. The van der Waals surface area contributed by atoms with Gasteiger partial charge in [-0.2, -0.15) is 5.10 Å². The highest BCUT2D eigenvalue weighted by molar-refractivity contribution is 5.82. The molecule has 0 aliphatic heterocycles. The van der Waals surface area contributed by atoms with Crippen LogP contribution in [0.3, 0.4) is 0 Å². The zero-order valence-electron chi connectivity index (χ0n) is 10.4. The van der Waals surface area contributed by atoms with Gasteiger partial charge in [-0.25, -0.2) is 9.67 Å². The Morgan fingerprint density at radius 1 is 1.21 bits per heavy atom. The average Bonchev–Trinajstić information content (AvgIpc) is 3.06. The van der Waals surface area contributed by atoms with E-state index in [9.17, 15) is 4.79 Å². The molecule has 0 radical (unpaired) electrons. The third kappa shape index (κ3) is 1.85. The molecule has 2 heterocycles. The number of hydrogen-bond donors (Lipinski definition) is 0.